The highest BCUT2D eigenvalue weighted by atomic mass is 32.2. The normalized spacial score (nSPS) is 14.9. The average Bonchev–Trinajstić information content (AvgIpc) is 2.76. The van der Waals surface area contributed by atoms with Crippen molar-refractivity contribution in [2.75, 3.05) is 45.6 Å². The van der Waals surface area contributed by atoms with Crippen LogP contribution in [0, 0.1) is 0 Å². The summed E-state index contributed by atoms with van der Waals surface area (Å²) in [5.41, 5.74) is 0. The van der Waals surface area contributed by atoms with Crippen LogP contribution in [0.3, 0.4) is 0 Å². The van der Waals surface area contributed by atoms with Gasteiger partial charge in [-0.2, -0.15) is 4.90 Å². The Labute approximate surface area is 126 Å². The van der Waals surface area contributed by atoms with E-state index in [-0.39, 0.29) is 29.4 Å². The lowest BCUT2D eigenvalue weighted by Crippen LogP contribution is -2.36. The van der Waals surface area contributed by atoms with Gasteiger partial charge < -0.3 is 18.9 Å². The van der Waals surface area contributed by atoms with Gasteiger partial charge in [-0.05, 0) is 6.92 Å². The Balaban J connectivity index is 2.00. The Morgan fingerprint density at radius 2 is 1.90 bits per heavy atom. The molecule has 0 bridgehead atoms. The summed E-state index contributed by atoms with van der Waals surface area (Å²) in [6, 6.07) is 0. The van der Waals surface area contributed by atoms with Gasteiger partial charge in [0.15, 0.2) is 11.1 Å². The van der Waals surface area contributed by atoms with Crippen LogP contribution < -0.4 is 0 Å². The van der Waals surface area contributed by atoms with Crippen molar-refractivity contribution < 1.29 is 28.5 Å². The quantitative estimate of drug-likeness (QED) is 0.354. The molecular formula is C11H17NO6S2. The van der Waals surface area contributed by atoms with E-state index < -0.39 is 6.09 Å². The summed E-state index contributed by atoms with van der Waals surface area (Å²) < 4.78 is 20.3. The Kier molecular flexibility index (Phi) is 8.70. The fourth-order valence-corrected chi connectivity index (χ4v) is 2.26. The number of carbonyl (C=O) groups is 2. The molecule has 0 spiro atoms. The molecule has 0 unspecified atom stereocenters. The Morgan fingerprint density at radius 3 is 2.50 bits per heavy atom. The monoisotopic (exact) mass is 323 g/mol. The number of carbonyl (C=O) groups excluding carboxylic acids is 2. The van der Waals surface area contributed by atoms with Crippen LogP contribution in [0.1, 0.15) is 6.92 Å². The number of nitrogens with zero attached hydrogens (tertiary/aromatic N) is 1. The van der Waals surface area contributed by atoms with Crippen LogP contribution in [0.5, 0.6) is 0 Å². The number of amides is 2. The predicted octanol–water partition coefficient (Wildman–Crippen LogP) is 1.01. The maximum absolute atomic E-state index is 11.5. The molecule has 0 aromatic heterocycles. The largest absolute Gasteiger partial charge is 0.424 e. The summed E-state index contributed by atoms with van der Waals surface area (Å²) in [7, 11) is 0. The third-order valence-electron chi connectivity index (χ3n) is 2.15. The zero-order valence-corrected chi connectivity index (χ0v) is 12.8. The fraction of sp³-hybridized carbons (Fsp3) is 0.727. The molecule has 1 rings (SSSR count). The fourth-order valence-electron chi connectivity index (χ4n) is 1.23. The second-order valence-corrected chi connectivity index (χ2v) is 5.14. The maximum atomic E-state index is 11.5. The van der Waals surface area contributed by atoms with E-state index in [1.807, 2.05) is 6.92 Å². The third kappa shape index (κ3) is 6.14. The number of hydrogen-bond donors (Lipinski definition) is 0. The van der Waals surface area contributed by atoms with Gasteiger partial charge in [-0.25, -0.2) is 4.79 Å². The van der Waals surface area contributed by atoms with Crippen molar-refractivity contribution in [3.05, 3.63) is 0 Å². The smallest absolute Gasteiger partial charge is 0.422 e. The molecule has 20 heavy (non-hydrogen) atoms. The van der Waals surface area contributed by atoms with Gasteiger partial charge in [0.2, 0.25) is 5.91 Å². The molecular weight excluding hydrogens is 306 g/mol. The summed E-state index contributed by atoms with van der Waals surface area (Å²) in [4.78, 5) is 23.7. The first-order chi connectivity index (χ1) is 9.66. The summed E-state index contributed by atoms with van der Waals surface area (Å²) in [6.45, 7) is 4.01. The van der Waals surface area contributed by atoms with Crippen LogP contribution in [-0.4, -0.2) is 66.8 Å². The lowest BCUT2D eigenvalue weighted by atomic mass is 10.6. The summed E-state index contributed by atoms with van der Waals surface area (Å²) >= 11 is 5.99. The van der Waals surface area contributed by atoms with Gasteiger partial charge in [-0.3, -0.25) is 4.79 Å². The van der Waals surface area contributed by atoms with Crippen molar-refractivity contribution in [3.8, 4) is 0 Å². The molecule has 2 amide bonds. The molecule has 1 aliphatic heterocycles. The van der Waals surface area contributed by atoms with Crippen molar-refractivity contribution in [2.24, 2.45) is 0 Å². The van der Waals surface area contributed by atoms with E-state index in [9.17, 15) is 9.59 Å². The molecule has 0 saturated carbocycles. The second kappa shape index (κ2) is 10.1. The lowest BCUT2D eigenvalue weighted by molar-refractivity contribution is -0.123. The molecule has 1 heterocycles. The Morgan fingerprint density at radius 1 is 1.25 bits per heavy atom. The highest BCUT2D eigenvalue weighted by Crippen LogP contribution is 2.19. The van der Waals surface area contributed by atoms with Crippen LogP contribution >= 0.6 is 24.0 Å². The van der Waals surface area contributed by atoms with E-state index in [0.29, 0.717) is 26.4 Å². The van der Waals surface area contributed by atoms with Crippen LogP contribution in [0.4, 0.5) is 4.79 Å². The molecule has 7 nitrogen and oxygen atoms in total. The topological polar surface area (TPSA) is 74.3 Å². The minimum atomic E-state index is -0.803. The first-order valence-electron chi connectivity index (χ1n) is 6.06. The standard InChI is InChI=1S/C11H17NO6S2/c1-2-15-3-4-16-5-6-17-8-18-10(14)12-9(13)7-20-11(12)19/h2-8H2,1H3. The number of imide groups is 1. The van der Waals surface area contributed by atoms with E-state index in [2.05, 4.69) is 0 Å². The van der Waals surface area contributed by atoms with Crippen molar-refractivity contribution in [3.63, 3.8) is 0 Å². The first kappa shape index (κ1) is 17.3. The van der Waals surface area contributed by atoms with Crippen LogP contribution in [0.15, 0.2) is 0 Å². The SMILES string of the molecule is CCOCCOCCOCOC(=O)N1C(=O)CSC1=S. The van der Waals surface area contributed by atoms with Crippen molar-refractivity contribution in [2.45, 2.75) is 6.92 Å². The van der Waals surface area contributed by atoms with Gasteiger partial charge in [0, 0.05) is 6.61 Å². The highest BCUT2D eigenvalue weighted by Gasteiger charge is 2.33. The molecule has 9 heteroatoms. The molecule has 0 aromatic carbocycles. The molecule has 114 valence electrons. The highest BCUT2D eigenvalue weighted by molar-refractivity contribution is 8.24. The average molecular weight is 323 g/mol. The van der Waals surface area contributed by atoms with Crippen molar-refractivity contribution in [1.82, 2.24) is 4.90 Å². The zero-order valence-electron chi connectivity index (χ0n) is 11.2. The van der Waals surface area contributed by atoms with Gasteiger partial charge in [0.25, 0.3) is 0 Å². The molecule has 0 aromatic rings. The first-order valence-corrected chi connectivity index (χ1v) is 7.46. The number of thioether (sulfide) groups is 1. The Bertz CT molecular complexity index is 336. The molecule has 0 radical (unpaired) electrons. The van der Waals surface area contributed by atoms with E-state index >= 15 is 0 Å². The molecule has 0 N–H and O–H groups in total. The van der Waals surface area contributed by atoms with Gasteiger partial charge in [-0.15, -0.1) is 0 Å². The van der Waals surface area contributed by atoms with E-state index in [0.717, 1.165) is 16.7 Å². The number of hydrogen-bond acceptors (Lipinski definition) is 8. The molecule has 1 fully saturated rings. The minimum absolute atomic E-state index is 0.169. The zero-order chi connectivity index (χ0) is 14.8. The van der Waals surface area contributed by atoms with E-state index in [1.54, 1.807) is 0 Å². The van der Waals surface area contributed by atoms with Gasteiger partial charge >= 0.3 is 6.09 Å². The number of ether oxygens (including phenoxy) is 4. The van der Waals surface area contributed by atoms with Crippen molar-refractivity contribution in [1.29, 1.82) is 0 Å². The number of thiocarbonyl (C=S) groups is 1. The van der Waals surface area contributed by atoms with Crippen LogP contribution in [0.25, 0.3) is 0 Å². The van der Waals surface area contributed by atoms with E-state index in [1.165, 1.54) is 0 Å². The maximum Gasteiger partial charge on any atom is 0.424 e. The van der Waals surface area contributed by atoms with Gasteiger partial charge in [-0.1, -0.05) is 24.0 Å². The predicted molar refractivity (Wildman–Crippen MR) is 76.5 cm³/mol. The lowest BCUT2D eigenvalue weighted by Gasteiger charge is -2.13. The summed E-state index contributed by atoms with van der Waals surface area (Å²) in [5, 5.41) is 0. The van der Waals surface area contributed by atoms with Gasteiger partial charge in [0.05, 0.1) is 32.2 Å². The molecule has 1 saturated heterocycles. The second-order valence-electron chi connectivity index (χ2n) is 3.53. The van der Waals surface area contributed by atoms with E-state index in [4.69, 9.17) is 31.2 Å². The molecule has 0 aliphatic carbocycles. The van der Waals surface area contributed by atoms with Crippen LogP contribution in [-0.2, 0) is 23.7 Å². The number of rotatable bonds is 9. The Hall–Kier alpha value is -0.740. The van der Waals surface area contributed by atoms with Crippen molar-refractivity contribution >= 4 is 40.3 Å². The minimum Gasteiger partial charge on any atom is -0.422 e. The molecule has 0 atom stereocenters. The molecule has 1 aliphatic rings. The van der Waals surface area contributed by atoms with Gasteiger partial charge in [0.1, 0.15) is 0 Å². The third-order valence-corrected chi connectivity index (χ3v) is 3.50. The summed E-state index contributed by atoms with van der Waals surface area (Å²) in [5.74, 6) is -0.202. The summed E-state index contributed by atoms with van der Waals surface area (Å²) in [6.07, 6.45) is -0.803. The van der Waals surface area contributed by atoms with Crippen LogP contribution in [0.2, 0.25) is 0 Å².